The van der Waals surface area contributed by atoms with Crippen LogP contribution in [0.3, 0.4) is 0 Å². The lowest BCUT2D eigenvalue weighted by atomic mass is 9.84. The highest BCUT2D eigenvalue weighted by molar-refractivity contribution is 5.71. The number of carbonyl (C=O) groups excluding carboxylic acids is 1. The first-order chi connectivity index (χ1) is 8.20. The number of carbonyl (C=O) groups is 1. The van der Waals surface area contributed by atoms with E-state index in [-0.39, 0.29) is 12.6 Å². The van der Waals surface area contributed by atoms with Gasteiger partial charge in [0.1, 0.15) is 5.75 Å². The van der Waals surface area contributed by atoms with Crippen LogP contribution in [0, 0.1) is 12.8 Å². The van der Waals surface area contributed by atoms with Gasteiger partial charge in [-0.3, -0.25) is 0 Å². The van der Waals surface area contributed by atoms with Crippen molar-refractivity contribution in [2.75, 3.05) is 13.7 Å². The fourth-order valence-electron chi connectivity index (χ4n) is 2.18. The van der Waals surface area contributed by atoms with Gasteiger partial charge in [-0.2, -0.15) is 0 Å². The van der Waals surface area contributed by atoms with Crippen LogP contribution in [0.15, 0.2) is 18.2 Å². The Labute approximate surface area is 102 Å². The van der Waals surface area contributed by atoms with E-state index >= 15 is 0 Å². The van der Waals surface area contributed by atoms with Gasteiger partial charge in [-0.1, -0.05) is 12.1 Å². The standard InChI is InChI=1S/C14H17O3/c1-10-6-7-12-11(8-10)4-3-5-13(12)17-9-14(15)16-2/h3-5,10H,1,6-9H2,2H3. The molecule has 0 aliphatic heterocycles. The molecule has 1 aromatic carbocycles. The molecular formula is C14H17O3. The average Bonchev–Trinajstić information content (AvgIpc) is 2.35. The third kappa shape index (κ3) is 2.78. The fourth-order valence-corrected chi connectivity index (χ4v) is 2.18. The molecule has 2 rings (SSSR count). The first kappa shape index (κ1) is 12.0. The molecule has 0 amide bonds. The monoisotopic (exact) mass is 233 g/mol. The van der Waals surface area contributed by atoms with Gasteiger partial charge in [-0.25, -0.2) is 4.79 Å². The molecule has 1 atom stereocenters. The highest BCUT2D eigenvalue weighted by atomic mass is 16.6. The summed E-state index contributed by atoms with van der Waals surface area (Å²) in [5, 5.41) is 0. The molecule has 0 aromatic heterocycles. The zero-order valence-corrected chi connectivity index (χ0v) is 10.1. The number of rotatable bonds is 3. The molecule has 0 spiro atoms. The molecule has 17 heavy (non-hydrogen) atoms. The molecule has 0 N–H and O–H groups in total. The quantitative estimate of drug-likeness (QED) is 0.751. The molecule has 3 nitrogen and oxygen atoms in total. The minimum atomic E-state index is -0.353. The van der Waals surface area contributed by atoms with Crippen LogP contribution in [0.2, 0.25) is 0 Å². The van der Waals surface area contributed by atoms with Crippen molar-refractivity contribution in [1.82, 2.24) is 0 Å². The number of esters is 1. The number of methoxy groups -OCH3 is 1. The van der Waals surface area contributed by atoms with Crippen molar-refractivity contribution in [2.45, 2.75) is 19.3 Å². The number of hydrogen-bond donors (Lipinski definition) is 0. The second kappa shape index (κ2) is 5.21. The number of fused-ring (bicyclic) bond motifs is 1. The van der Waals surface area contributed by atoms with Gasteiger partial charge in [0.15, 0.2) is 6.61 Å². The van der Waals surface area contributed by atoms with Crippen LogP contribution >= 0.6 is 0 Å². The predicted molar refractivity (Wildman–Crippen MR) is 64.8 cm³/mol. The molecule has 0 bridgehead atoms. The molecule has 1 aromatic rings. The third-order valence-corrected chi connectivity index (χ3v) is 3.11. The molecule has 91 valence electrons. The van der Waals surface area contributed by atoms with Crippen molar-refractivity contribution in [1.29, 1.82) is 0 Å². The Morgan fingerprint density at radius 2 is 2.35 bits per heavy atom. The molecule has 0 heterocycles. The van der Waals surface area contributed by atoms with E-state index in [2.05, 4.69) is 17.7 Å². The summed E-state index contributed by atoms with van der Waals surface area (Å²) < 4.78 is 10.1. The van der Waals surface area contributed by atoms with Crippen molar-refractivity contribution in [3.05, 3.63) is 36.2 Å². The van der Waals surface area contributed by atoms with Gasteiger partial charge in [0.25, 0.3) is 0 Å². The Balaban J connectivity index is 2.13. The maximum atomic E-state index is 11.0. The van der Waals surface area contributed by atoms with Gasteiger partial charge in [-0.15, -0.1) is 0 Å². The molecule has 1 aliphatic rings. The molecule has 3 heteroatoms. The van der Waals surface area contributed by atoms with E-state index in [4.69, 9.17) is 4.74 Å². The summed E-state index contributed by atoms with van der Waals surface area (Å²) in [5.74, 6) is 0.937. The summed E-state index contributed by atoms with van der Waals surface area (Å²) in [6.07, 6.45) is 3.04. The summed E-state index contributed by atoms with van der Waals surface area (Å²) in [7, 11) is 1.36. The summed E-state index contributed by atoms with van der Waals surface area (Å²) in [6.45, 7) is 4.07. The topological polar surface area (TPSA) is 35.5 Å². The lowest BCUT2D eigenvalue weighted by molar-refractivity contribution is -0.142. The minimum Gasteiger partial charge on any atom is -0.482 e. The molecule has 0 fully saturated rings. The van der Waals surface area contributed by atoms with Gasteiger partial charge >= 0.3 is 5.97 Å². The zero-order valence-electron chi connectivity index (χ0n) is 10.1. The maximum Gasteiger partial charge on any atom is 0.343 e. The lowest BCUT2D eigenvalue weighted by Gasteiger charge is -2.23. The molecule has 0 saturated heterocycles. The Hall–Kier alpha value is -1.51. The zero-order chi connectivity index (χ0) is 12.3. The largest absolute Gasteiger partial charge is 0.482 e. The number of benzene rings is 1. The highest BCUT2D eigenvalue weighted by Gasteiger charge is 2.18. The lowest BCUT2D eigenvalue weighted by Crippen LogP contribution is -2.16. The van der Waals surface area contributed by atoms with E-state index in [1.807, 2.05) is 12.1 Å². The Kier molecular flexibility index (Phi) is 3.67. The average molecular weight is 233 g/mol. The van der Waals surface area contributed by atoms with Crippen molar-refractivity contribution in [3.8, 4) is 5.75 Å². The van der Waals surface area contributed by atoms with Crippen LogP contribution in [0.4, 0.5) is 0 Å². The molecule has 1 aliphatic carbocycles. The van der Waals surface area contributed by atoms with Crippen molar-refractivity contribution >= 4 is 5.97 Å². The van der Waals surface area contributed by atoms with E-state index in [1.165, 1.54) is 18.2 Å². The van der Waals surface area contributed by atoms with Gasteiger partial charge in [0.2, 0.25) is 0 Å². The SMILES string of the molecule is [CH2]C1CCc2c(cccc2OCC(=O)OC)C1. The van der Waals surface area contributed by atoms with E-state index in [0.717, 1.165) is 25.0 Å². The minimum absolute atomic E-state index is 0.0270. The molecular weight excluding hydrogens is 216 g/mol. The van der Waals surface area contributed by atoms with Crippen molar-refractivity contribution < 1.29 is 14.3 Å². The van der Waals surface area contributed by atoms with Crippen LogP contribution in [0.1, 0.15) is 17.5 Å². The number of hydrogen-bond acceptors (Lipinski definition) is 3. The van der Waals surface area contributed by atoms with E-state index in [9.17, 15) is 4.79 Å². The Morgan fingerprint density at radius 1 is 1.53 bits per heavy atom. The molecule has 0 saturated carbocycles. The van der Waals surface area contributed by atoms with Gasteiger partial charge in [-0.05, 0) is 49.3 Å². The van der Waals surface area contributed by atoms with Crippen molar-refractivity contribution in [3.63, 3.8) is 0 Å². The summed E-state index contributed by atoms with van der Waals surface area (Å²) in [6, 6.07) is 5.98. The smallest absolute Gasteiger partial charge is 0.343 e. The van der Waals surface area contributed by atoms with E-state index < -0.39 is 0 Å². The second-order valence-corrected chi connectivity index (χ2v) is 4.37. The van der Waals surface area contributed by atoms with Crippen LogP contribution in [0.5, 0.6) is 5.75 Å². The van der Waals surface area contributed by atoms with Crippen LogP contribution < -0.4 is 4.74 Å². The predicted octanol–water partition coefficient (Wildman–Crippen LogP) is 2.18. The third-order valence-electron chi connectivity index (χ3n) is 3.11. The number of ether oxygens (including phenoxy) is 2. The maximum absolute atomic E-state index is 11.0. The van der Waals surface area contributed by atoms with Crippen LogP contribution in [-0.2, 0) is 22.4 Å². The van der Waals surface area contributed by atoms with E-state index in [1.54, 1.807) is 0 Å². The first-order valence-electron chi connectivity index (χ1n) is 5.84. The highest BCUT2D eigenvalue weighted by Crippen LogP contribution is 2.31. The fraction of sp³-hybridized carbons (Fsp3) is 0.429. The molecule has 1 radical (unpaired) electrons. The summed E-state index contributed by atoms with van der Waals surface area (Å²) in [5.41, 5.74) is 2.51. The van der Waals surface area contributed by atoms with E-state index in [0.29, 0.717) is 5.92 Å². The van der Waals surface area contributed by atoms with Crippen LogP contribution in [0.25, 0.3) is 0 Å². The normalized spacial score (nSPS) is 18.4. The molecule has 1 unspecified atom stereocenters. The first-order valence-corrected chi connectivity index (χ1v) is 5.84. The van der Waals surface area contributed by atoms with Crippen molar-refractivity contribution in [2.24, 2.45) is 5.92 Å². The summed E-state index contributed by atoms with van der Waals surface area (Å²) in [4.78, 5) is 11.0. The Bertz CT molecular complexity index is 412. The summed E-state index contributed by atoms with van der Waals surface area (Å²) >= 11 is 0. The van der Waals surface area contributed by atoms with Gasteiger partial charge in [0.05, 0.1) is 7.11 Å². The second-order valence-electron chi connectivity index (χ2n) is 4.37. The van der Waals surface area contributed by atoms with Crippen LogP contribution in [-0.4, -0.2) is 19.7 Å². The van der Waals surface area contributed by atoms with Gasteiger partial charge in [0, 0.05) is 0 Å². The van der Waals surface area contributed by atoms with Gasteiger partial charge < -0.3 is 9.47 Å². The Morgan fingerprint density at radius 3 is 3.12 bits per heavy atom.